The van der Waals surface area contributed by atoms with E-state index in [0.29, 0.717) is 5.56 Å². The van der Waals surface area contributed by atoms with Gasteiger partial charge in [-0.05, 0) is 35.9 Å². The van der Waals surface area contributed by atoms with Crippen molar-refractivity contribution in [3.05, 3.63) is 62.7 Å². The van der Waals surface area contributed by atoms with Crippen molar-refractivity contribution < 1.29 is 24.0 Å². The van der Waals surface area contributed by atoms with Gasteiger partial charge in [0, 0.05) is 18.0 Å². The molecule has 0 saturated heterocycles. The van der Waals surface area contributed by atoms with Crippen LogP contribution in [0.4, 0.5) is 11.4 Å². The number of hydrogen-bond acceptors (Lipinski definition) is 7. The number of nitro groups is 1. The monoisotopic (exact) mass is 415 g/mol. The summed E-state index contributed by atoms with van der Waals surface area (Å²) >= 11 is 5.74. The first-order chi connectivity index (χ1) is 13.7. The fourth-order valence-corrected chi connectivity index (χ4v) is 2.45. The van der Waals surface area contributed by atoms with Crippen LogP contribution in [0, 0.1) is 21.4 Å². The Morgan fingerprint density at radius 1 is 1.24 bits per heavy atom. The van der Waals surface area contributed by atoms with Gasteiger partial charge in [0.05, 0.1) is 12.0 Å². The Balaban J connectivity index is 2.33. The Kier molecular flexibility index (Phi) is 6.89. The summed E-state index contributed by atoms with van der Waals surface area (Å²) in [6, 6.07) is 9.90. The molecular weight excluding hydrogens is 402 g/mol. The number of anilines is 1. The van der Waals surface area contributed by atoms with Gasteiger partial charge < -0.3 is 14.8 Å². The van der Waals surface area contributed by atoms with Gasteiger partial charge in [-0.25, -0.2) is 0 Å². The number of carbonyl (C=O) groups excluding carboxylic acids is 2. The molecule has 2 aromatic rings. The first-order valence-electron chi connectivity index (χ1n) is 7.98. The number of methoxy groups -OCH3 is 1. The molecule has 0 spiro atoms. The molecular formula is C19H14ClN3O6. The SMILES string of the molecule is COc1cc(/C=C(\C#N)C(=O)Nc2ccc(Cl)cc2[N+](=O)[O-])ccc1OC(C)=O. The molecule has 2 aromatic carbocycles. The number of nitro benzene ring substituents is 1. The predicted octanol–water partition coefficient (Wildman–Crippen LogP) is 3.73. The molecule has 0 fully saturated rings. The molecule has 9 nitrogen and oxygen atoms in total. The number of halogens is 1. The van der Waals surface area contributed by atoms with Crippen LogP contribution in [0.3, 0.4) is 0 Å². The van der Waals surface area contributed by atoms with Gasteiger partial charge in [-0.2, -0.15) is 5.26 Å². The van der Waals surface area contributed by atoms with Crippen molar-refractivity contribution in [3.8, 4) is 17.6 Å². The molecule has 0 heterocycles. The van der Waals surface area contributed by atoms with Crippen molar-refractivity contribution in [2.24, 2.45) is 0 Å². The zero-order chi connectivity index (χ0) is 21.6. The van der Waals surface area contributed by atoms with E-state index in [0.717, 1.165) is 6.07 Å². The number of hydrogen-bond donors (Lipinski definition) is 1. The van der Waals surface area contributed by atoms with E-state index in [9.17, 15) is 25.0 Å². The van der Waals surface area contributed by atoms with Crippen molar-refractivity contribution in [1.29, 1.82) is 5.26 Å². The lowest BCUT2D eigenvalue weighted by Crippen LogP contribution is -2.14. The van der Waals surface area contributed by atoms with Crippen LogP contribution >= 0.6 is 11.6 Å². The van der Waals surface area contributed by atoms with Crippen LogP contribution in [0.5, 0.6) is 11.5 Å². The Bertz CT molecular complexity index is 1060. The van der Waals surface area contributed by atoms with Gasteiger partial charge in [-0.3, -0.25) is 19.7 Å². The van der Waals surface area contributed by atoms with Crippen molar-refractivity contribution in [2.45, 2.75) is 6.92 Å². The molecule has 0 saturated carbocycles. The highest BCUT2D eigenvalue weighted by molar-refractivity contribution is 6.31. The maximum absolute atomic E-state index is 12.4. The summed E-state index contributed by atoms with van der Waals surface area (Å²) in [6.07, 6.45) is 1.26. The molecule has 2 rings (SSSR count). The number of esters is 1. The van der Waals surface area contributed by atoms with Gasteiger partial charge in [0.2, 0.25) is 0 Å². The lowest BCUT2D eigenvalue weighted by atomic mass is 10.1. The molecule has 1 amide bonds. The molecule has 148 valence electrons. The van der Waals surface area contributed by atoms with Gasteiger partial charge in [-0.15, -0.1) is 0 Å². The van der Waals surface area contributed by atoms with E-state index < -0.39 is 22.5 Å². The minimum Gasteiger partial charge on any atom is -0.493 e. The first-order valence-corrected chi connectivity index (χ1v) is 8.36. The molecule has 0 aliphatic carbocycles. The third-order valence-electron chi connectivity index (χ3n) is 3.52. The second-order valence-electron chi connectivity index (χ2n) is 5.55. The van der Waals surface area contributed by atoms with E-state index >= 15 is 0 Å². The molecule has 0 bridgehead atoms. The van der Waals surface area contributed by atoms with Gasteiger partial charge >= 0.3 is 5.97 Å². The van der Waals surface area contributed by atoms with Crippen LogP contribution in [0.1, 0.15) is 12.5 Å². The van der Waals surface area contributed by atoms with Gasteiger partial charge in [0.15, 0.2) is 11.5 Å². The second kappa shape index (κ2) is 9.34. The van der Waals surface area contributed by atoms with Crippen LogP contribution < -0.4 is 14.8 Å². The second-order valence-corrected chi connectivity index (χ2v) is 5.98. The third-order valence-corrected chi connectivity index (χ3v) is 3.76. The molecule has 0 aromatic heterocycles. The molecule has 1 N–H and O–H groups in total. The smallest absolute Gasteiger partial charge is 0.308 e. The fraction of sp³-hybridized carbons (Fsp3) is 0.105. The number of amides is 1. The minimum absolute atomic E-state index is 0.103. The molecule has 0 aliphatic rings. The summed E-state index contributed by atoms with van der Waals surface area (Å²) < 4.78 is 10.1. The lowest BCUT2D eigenvalue weighted by Gasteiger charge is -2.09. The Hall–Kier alpha value is -3.90. The van der Waals surface area contributed by atoms with Crippen LogP contribution in [-0.4, -0.2) is 23.9 Å². The lowest BCUT2D eigenvalue weighted by molar-refractivity contribution is -0.383. The number of nitriles is 1. The summed E-state index contributed by atoms with van der Waals surface area (Å²) in [5.41, 5.74) is -0.407. The van der Waals surface area contributed by atoms with E-state index in [1.807, 2.05) is 0 Å². The van der Waals surface area contributed by atoms with Crippen LogP contribution in [-0.2, 0) is 9.59 Å². The fourth-order valence-electron chi connectivity index (χ4n) is 2.28. The molecule has 0 unspecified atom stereocenters. The van der Waals surface area contributed by atoms with Gasteiger partial charge in [-0.1, -0.05) is 17.7 Å². The third kappa shape index (κ3) is 5.54. The van der Waals surface area contributed by atoms with Crippen molar-refractivity contribution in [1.82, 2.24) is 0 Å². The maximum atomic E-state index is 12.4. The molecule has 10 heteroatoms. The standard InChI is InChI=1S/C19H14ClN3O6/c1-11(24)29-17-6-3-12(8-18(17)28-2)7-13(10-21)19(25)22-15-5-4-14(20)9-16(15)23(26)27/h3-9H,1-2H3,(H,22,25)/b13-7+. The normalized spacial score (nSPS) is 10.6. The highest BCUT2D eigenvalue weighted by Crippen LogP contribution is 2.30. The number of carbonyl (C=O) groups is 2. The Morgan fingerprint density at radius 3 is 2.55 bits per heavy atom. The average Bonchev–Trinajstić information content (AvgIpc) is 2.67. The zero-order valence-electron chi connectivity index (χ0n) is 15.3. The van der Waals surface area contributed by atoms with E-state index in [1.165, 1.54) is 50.4 Å². The first kappa shape index (κ1) is 21.4. The zero-order valence-corrected chi connectivity index (χ0v) is 16.0. The van der Waals surface area contributed by atoms with Gasteiger partial charge in [0.1, 0.15) is 17.3 Å². The summed E-state index contributed by atoms with van der Waals surface area (Å²) in [5, 5.41) is 22.9. The number of rotatable bonds is 6. The Morgan fingerprint density at radius 2 is 1.97 bits per heavy atom. The predicted molar refractivity (Wildman–Crippen MR) is 105 cm³/mol. The number of benzene rings is 2. The molecule has 0 radical (unpaired) electrons. The number of nitrogens with one attached hydrogen (secondary N) is 1. The average molecular weight is 416 g/mol. The van der Waals surface area contributed by atoms with E-state index in [1.54, 1.807) is 6.07 Å². The minimum atomic E-state index is -0.846. The summed E-state index contributed by atoms with van der Waals surface area (Å²) in [6.45, 7) is 1.24. The van der Waals surface area contributed by atoms with E-state index in [2.05, 4.69) is 5.32 Å². The summed E-state index contributed by atoms with van der Waals surface area (Å²) in [7, 11) is 1.37. The maximum Gasteiger partial charge on any atom is 0.308 e. The van der Waals surface area contributed by atoms with Crippen LogP contribution in [0.15, 0.2) is 42.0 Å². The molecule has 0 atom stereocenters. The molecule has 29 heavy (non-hydrogen) atoms. The van der Waals surface area contributed by atoms with Crippen molar-refractivity contribution >= 4 is 40.9 Å². The largest absolute Gasteiger partial charge is 0.493 e. The number of nitrogens with zero attached hydrogens (tertiary/aromatic N) is 2. The van der Waals surface area contributed by atoms with Crippen molar-refractivity contribution in [3.63, 3.8) is 0 Å². The summed E-state index contributed by atoms with van der Waals surface area (Å²) in [5.74, 6) is -0.980. The topological polar surface area (TPSA) is 132 Å². The quantitative estimate of drug-likeness (QED) is 0.190. The highest BCUT2D eigenvalue weighted by atomic mass is 35.5. The molecule has 0 aliphatic heterocycles. The van der Waals surface area contributed by atoms with Crippen LogP contribution in [0.25, 0.3) is 6.08 Å². The van der Waals surface area contributed by atoms with Crippen LogP contribution in [0.2, 0.25) is 5.02 Å². The van der Waals surface area contributed by atoms with Gasteiger partial charge in [0.25, 0.3) is 11.6 Å². The Labute approximate surface area is 170 Å². The van der Waals surface area contributed by atoms with Crippen molar-refractivity contribution in [2.75, 3.05) is 12.4 Å². The van der Waals surface area contributed by atoms with E-state index in [4.69, 9.17) is 21.1 Å². The number of ether oxygens (including phenoxy) is 2. The van der Waals surface area contributed by atoms with E-state index in [-0.39, 0.29) is 27.8 Å². The highest BCUT2D eigenvalue weighted by Gasteiger charge is 2.19. The summed E-state index contributed by atoms with van der Waals surface area (Å²) in [4.78, 5) is 34.0.